The molecule has 3 aromatic heterocycles. The average Bonchev–Trinajstić information content (AvgIpc) is 3.48. The number of pyridine rings is 1. The quantitative estimate of drug-likeness (QED) is 0.380. The molecule has 0 bridgehead atoms. The van der Waals surface area contributed by atoms with Crippen LogP contribution < -0.4 is 11.1 Å². The number of nitrogens with one attached hydrogen (secondary N) is 1. The van der Waals surface area contributed by atoms with Gasteiger partial charge in [0.2, 0.25) is 5.82 Å². The number of rotatable bonds is 7. The van der Waals surface area contributed by atoms with Crippen LogP contribution >= 0.6 is 11.6 Å². The molecule has 2 amide bonds. The van der Waals surface area contributed by atoms with E-state index in [1.165, 1.54) is 30.5 Å². The fourth-order valence-corrected chi connectivity index (χ4v) is 3.51. The molecule has 0 aliphatic heterocycles. The van der Waals surface area contributed by atoms with Crippen molar-refractivity contribution in [2.75, 3.05) is 5.32 Å². The van der Waals surface area contributed by atoms with Gasteiger partial charge in [-0.1, -0.05) is 11.6 Å². The molecule has 12 nitrogen and oxygen atoms in total. The van der Waals surface area contributed by atoms with Crippen molar-refractivity contribution < 1.29 is 18.4 Å². The number of tetrazole rings is 1. The number of aromatic nitrogens is 7. The summed E-state index contributed by atoms with van der Waals surface area (Å²) < 4.78 is 26.8. The molecule has 4 rings (SSSR count). The number of nitrogens with zero attached hydrogens (tertiary/aromatic N) is 8. The number of alkyl halides is 2. The van der Waals surface area contributed by atoms with Crippen molar-refractivity contribution in [2.24, 2.45) is 5.73 Å². The van der Waals surface area contributed by atoms with Crippen LogP contribution in [0.5, 0.6) is 0 Å². The third-order valence-electron chi connectivity index (χ3n) is 4.87. The van der Waals surface area contributed by atoms with Crippen molar-refractivity contribution in [3.63, 3.8) is 0 Å². The summed E-state index contributed by atoms with van der Waals surface area (Å²) in [4.78, 5) is 30.4. The van der Waals surface area contributed by atoms with Crippen LogP contribution in [0.3, 0.4) is 0 Å². The second-order valence-electron chi connectivity index (χ2n) is 7.37. The molecule has 0 unspecified atom stereocenters. The van der Waals surface area contributed by atoms with Gasteiger partial charge in [0.1, 0.15) is 12.2 Å². The van der Waals surface area contributed by atoms with Crippen LogP contribution in [0.4, 0.5) is 14.5 Å². The largest absolute Gasteiger partial charge is 0.366 e. The molecule has 0 spiro atoms. The summed E-state index contributed by atoms with van der Waals surface area (Å²) in [6, 6.07) is 9.15. The molecule has 36 heavy (non-hydrogen) atoms. The van der Waals surface area contributed by atoms with Crippen molar-refractivity contribution >= 4 is 29.1 Å². The number of anilines is 1. The highest BCUT2D eigenvalue weighted by molar-refractivity contribution is 6.32. The Hall–Kier alpha value is -4.77. The summed E-state index contributed by atoms with van der Waals surface area (Å²) in [7, 11) is 0. The number of nitrogens with two attached hydrogens (primary N) is 1. The van der Waals surface area contributed by atoms with Crippen LogP contribution in [-0.4, -0.2) is 46.8 Å². The van der Waals surface area contributed by atoms with Gasteiger partial charge in [0.05, 0.1) is 33.6 Å². The summed E-state index contributed by atoms with van der Waals surface area (Å²) in [6.07, 6.45) is -1.46. The van der Waals surface area contributed by atoms with Crippen molar-refractivity contribution in [2.45, 2.75) is 19.9 Å². The number of primary amides is 1. The van der Waals surface area contributed by atoms with Crippen LogP contribution in [0, 0.1) is 18.3 Å². The number of hydrogen-bond acceptors (Lipinski definition) is 8. The zero-order valence-electron chi connectivity index (χ0n) is 18.4. The number of amides is 2. The Morgan fingerprint density at radius 3 is 2.69 bits per heavy atom. The van der Waals surface area contributed by atoms with Gasteiger partial charge in [-0.2, -0.15) is 15.2 Å². The van der Waals surface area contributed by atoms with Crippen LogP contribution in [0.15, 0.2) is 36.5 Å². The van der Waals surface area contributed by atoms with Crippen LogP contribution in [0.2, 0.25) is 5.02 Å². The first kappa shape index (κ1) is 24.4. The van der Waals surface area contributed by atoms with E-state index in [-0.39, 0.29) is 45.6 Å². The van der Waals surface area contributed by atoms with Crippen LogP contribution in [-0.2, 0) is 6.54 Å². The fourth-order valence-electron chi connectivity index (χ4n) is 3.31. The van der Waals surface area contributed by atoms with Crippen LogP contribution in [0.1, 0.15) is 49.9 Å². The van der Waals surface area contributed by atoms with E-state index >= 15 is 0 Å². The highest BCUT2D eigenvalue weighted by Gasteiger charge is 2.23. The van der Waals surface area contributed by atoms with Gasteiger partial charge >= 0.3 is 6.43 Å². The number of nitriles is 1. The van der Waals surface area contributed by atoms with E-state index in [2.05, 4.69) is 30.8 Å². The highest BCUT2D eigenvalue weighted by atomic mass is 35.5. The first-order chi connectivity index (χ1) is 17.2. The molecule has 0 aliphatic rings. The molecule has 0 saturated carbocycles. The summed E-state index contributed by atoms with van der Waals surface area (Å²) in [5.41, 5.74) is 6.25. The minimum absolute atomic E-state index is 0.0565. The van der Waals surface area contributed by atoms with E-state index in [4.69, 9.17) is 17.3 Å². The molecular formula is C21H15ClF2N10O2. The lowest BCUT2D eigenvalue weighted by Crippen LogP contribution is -2.22. The average molecular weight is 513 g/mol. The van der Waals surface area contributed by atoms with E-state index in [0.29, 0.717) is 5.56 Å². The maximum atomic E-state index is 13.4. The lowest BCUT2D eigenvalue weighted by Gasteiger charge is -2.13. The molecular weight excluding hydrogens is 498 g/mol. The number of benzene rings is 1. The number of hydrogen-bond donors (Lipinski definition) is 2. The maximum absolute atomic E-state index is 13.4. The Balaban J connectivity index is 1.76. The lowest BCUT2D eigenvalue weighted by molar-refractivity contribution is 0.100. The van der Waals surface area contributed by atoms with Crippen molar-refractivity contribution in [3.05, 3.63) is 75.5 Å². The minimum atomic E-state index is -2.90. The smallest absolute Gasteiger partial charge is 0.301 e. The predicted octanol–water partition coefficient (Wildman–Crippen LogP) is 2.42. The number of halogens is 3. The van der Waals surface area contributed by atoms with E-state index in [1.807, 2.05) is 6.07 Å². The minimum Gasteiger partial charge on any atom is -0.366 e. The van der Waals surface area contributed by atoms with E-state index < -0.39 is 24.1 Å². The molecule has 4 aromatic rings. The Morgan fingerprint density at radius 2 is 2.06 bits per heavy atom. The van der Waals surface area contributed by atoms with E-state index in [1.54, 1.807) is 13.0 Å². The fraction of sp³-hybridized carbons (Fsp3) is 0.143. The third-order valence-corrected chi connectivity index (χ3v) is 5.16. The monoisotopic (exact) mass is 512 g/mol. The zero-order chi connectivity index (χ0) is 26.0. The van der Waals surface area contributed by atoms with Crippen molar-refractivity contribution in [1.82, 2.24) is 35.0 Å². The van der Waals surface area contributed by atoms with Gasteiger partial charge in [-0.05, 0) is 48.0 Å². The normalized spacial score (nSPS) is 10.9. The van der Waals surface area contributed by atoms with Crippen LogP contribution in [0.25, 0.3) is 5.82 Å². The van der Waals surface area contributed by atoms with Crippen molar-refractivity contribution in [1.29, 1.82) is 5.26 Å². The first-order valence-corrected chi connectivity index (χ1v) is 10.5. The molecule has 15 heteroatoms. The summed E-state index contributed by atoms with van der Waals surface area (Å²) in [6.45, 7) is 1.40. The Kier molecular flexibility index (Phi) is 6.66. The first-order valence-electron chi connectivity index (χ1n) is 10.1. The molecule has 3 N–H and O–H groups in total. The topological polar surface area (TPSA) is 170 Å². The maximum Gasteiger partial charge on any atom is 0.301 e. The van der Waals surface area contributed by atoms with Gasteiger partial charge in [-0.15, -0.1) is 10.2 Å². The Bertz CT molecular complexity index is 1530. The SMILES string of the molecule is Cc1cc(C#N)cc(C(N)=O)c1NC(=O)c1cc(Cn2nnc(C(F)F)n2)nn1-c1ncccc1Cl. The molecule has 0 atom stereocenters. The lowest BCUT2D eigenvalue weighted by atomic mass is 10.0. The standard InChI is InChI=1S/C21H15ClF2N10O2/c1-10-5-11(8-25)6-13(18(26)35)16(10)28-21(36)15-7-12(9-33-31-19(17(23)24)29-32-33)30-34(15)20-14(22)3-2-4-27-20/h2-7,17H,9H2,1H3,(H2,26,35)(H,28,36). The Labute approximate surface area is 206 Å². The molecule has 182 valence electrons. The van der Waals surface area contributed by atoms with E-state index in [9.17, 15) is 23.6 Å². The number of carbonyl (C=O) groups is 2. The Morgan fingerprint density at radius 1 is 1.28 bits per heavy atom. The molecule has 0 aliphatic carbocycles. The predicted molar refractivity (Wildman–Crippen MR) is 121 cm³/mol. The molecule has 3 heterocycles. The summed E-state index contributed by atoms with van der Waals surface area (Å²) in [5, 5.41) is 26.7. The summed E-state index contributed by atoms with van der Waals surface area (Å²) >= 11 is 6.26. The molecule has 1 aromatic carbocycles. The number of carbonyl (C=O) groups excluding carboxylic acids is 2. The highest BCUT2D eigenvalue weighted by Crippen LogP contribution is 2.25. The van der Waals surface area contributed by atoms with E-state index in [0.717, 1.165) is 9.48 Å². The summed E-state index contributed by atoms with van der Waals surface area (Å²) in [5.74, 6) is -2.21. The molecule has 0 saturated heterocycles. The van der Waals surface area contributed by atoms with Gasteiger partial charge in [0.25, 0.3) is 11.8 Å². The van der Waals surface area contributed by atoms with Gasteiger partial charge in [0.15, 0.2) is 5.82 Å². The molecule has 0 radical (unpaired) electrons. The zero-order valence-corrected chi connectivity index (χ0v) is 19.1. The third kappa shape index (κ3) is 4.86. The van der Waals surface area contributed by atoms with Gasteiger partial charge in [0, 0.05) is 6.20 Å². The molecule has 0 fully saturated rings. The van der Waals surface area contributed by atoms with Crippen molar-refractivity contribution in [3.8, 4) is 11.9 Å². The van der Waals surface area contributed by atoms with Gasteiger partial charge < -0.3 is 11.1 Å². The second-order valence-corrected chi connectivity index (χ2v) is 7.77. The second kappa shape index (κ2) is 9.84. The van der Waals surface area contributed by atoms with Gasteiger partial charge in [-0.25, -0.2) is 18.4 Å². The van der Waals surface area contributed by atoms with Gasteiger partial charge in [-0.3, -0.25) is 9.59 Å². The number of aryl methyl sites for hydroxylation is 1.